The van der Waals surface area contributed by atoms with Crippen molar-refractivity contribution in [1.82, 2.24) is 24.9 Å². The predicted octanol–water partition coefficient (Wildman–Crippen LogP) is 2.86. The molecule has 3 aromatic rings. The van der Waals surface area contributed by atoms with E-state index in [0.717, 1.165) is 6.07 Å². The summed E-state index contributed by atoms with van der Waals surface area (Å²) < 4.78 is 45.6. The zero-order chi connectivity index (χ0) is 23.7. The maximum atomic E-state index is 13.1. The highest BCUT2D eigenvalue weighted by Gasteiger charge is 2.34. The lowest BCUT2D eigenvalue weighted by Crippen LogP contribution is -2.37. The monoisotopic (exact) mass is 451 g/mol. The zero-order valence-electron chi connectivity index (χ0n) is 17.3. The van der Waals surface area contributed by atoms with Crippen molar-refractivity contribution in [3.05, 3.63) is 36.2 Å². The number of aromatic nitrogens is 4. The van der Waals surface area contributed by atoms with E-state index in [2.05, 4.69) is 25.7 Å². The molecule has 32 heavy (non-hydrogen) atoms. The molecule has 0 radical (unpaired) electrons. The van der Waals surface area contributed by atoms with E-state index in [-0.39, 0.29) is 23.6 Å². The number of carbonyl (C=O) groups excluding carboxylic acids is 2. The number of ether oxygens (including phenoxy) is 1. The number of hydrogen-bond acceptors (Lipinski definition) is 7. The maximum Gasteiger partial charge on any atom is 0.419 e. The van der Waals surface area contributed by atoms with Crippen LogP contribution >= 0.6 is 0 Å². The zero-order valence-corrected chi connectivity index (χ0v) is 17.3. The first-order valence-electron chi connectivity index (χ1n) is 9.28. The molecule has 170 valence electrons. The van der Waals surface area contributed by atoms with Crippen LogP contribution in [0.15, 0.2) is 30.6 Å². The van der Waals surface area contributed by atoms with Crippen molar-refractivity contribution >= 4 is 29.3 Å². The van der Waals surface area contributed by atoms with E-state index in [4.69, 9.17) is 10.5 Å². The lowest BCUT2D eigenvalue weighted by Gasteiger charge is -2.19. The number of nitrogens with two attached hydrogens (primary N) is 1. The first kappa shape index (κ1) is 22.8. The number of rotatable bonds is 4. The highest BCUT2D eigenvalue weighted by molar-refractivity contribution is 5.93. The van der Waals surface area contributed by atoms with Crippen LogP contribution in [0.25, 0.3) is 16.9 Å². The van der Waals surface area contributed by atoms with Crippen LogP contribution in [0.1, 0.15) is 26.3 Å². The number of fused-ring (bicyclic) bond motifs is 1. The summed E-state index contributed by atoms with van der Waals surface area (Å²) in [5.74, 6) is -1.05. The summed E-state index contributed by atoms with van der Waals surface area (Å²) >= 11 is 0. The Bertz CT molecular complexity index is 1170. The smallest absolute Gasteiger partial charge is 0.419 e. The molecule has 0 saturated carbocycles. The minimum absolute atomic E-state index is 0.106. The highest BCUT2D eigenvalue weighted by Crippen LogP contribution is 2.34. The molecule has 0 fully saturated rings. The van der Waals surface area contributed by atoms with Gasteiger partial charge >= 0.3 is 12.3 Å². The van der Waals surface area contributed by atoms with Crippen LogP contribution in [0.4, 0.5) is 29.6 Å². The predicted molar refractivity (Wildman–Crippen MR) is 108 cm³/mol. The molecule has 0 atom stereocenters. The molecule has 0 saturated heterocycles. The second-order valence-corrected chi connectivity index (χ2v) is 7.71. The average molecular weight is 451 g/mol. The molecule has 3 aromatic heterocycles. The van der Waals surface area contributed by atoms with Crippen LogP contribution in [0.5, 0.6) is 0 Å². The molecule has 0 aliphatic heterocycles. The van der Waals surface area contributed by atoms with Gasteiger partial charge in [-0.05, 0) is 39.0 Å². The lowest BCUT2D eigenvalue weighted by molar-refractivity contribution is -0.137. The van der Waals surface area contributed by atoms with E-state index < -0.39 is 35.2 Å². The van der Waals surface area contributed by atoms with Gasteiger partial charge in [-0.25, -0.2) is 19.3 Å². The summed E-state index contributed by atoms with van der Waals surface area (Å²) in [6, 6.07) is 3.84. The van der Waals surface area contributed by atoms with Crippen molar-refractivity contribution in [2.45, 2.75) is 32.5 Å². The molecule has 2 amide bonds. The van der Waals surface area contributed by atoms with Crippen LogP contribution < -0.4 is 16.4 Å². The summed E-state index contributed by atoms with van der Waals surface area (Å²) in [5.41, 5.74) is 4.20. The van der Waals surface area contributed by atoms with Gasteiger partial charge in [0.2, 0.25) is 5.91 Å². The Hall–Kier alpha value is -3.90. The third-order valence-electron chi connectivity index (χ3n) is 3.90. The summed E-state index contributed by atoms with van der Waals surface area (Å²) in [7, 11) is 0. The van der Waals surface area contributed by atoms with Gasteiger partial charge in [0, 0.05) is 11.8 Å². The average Bonchev–Trinajstić information content (AvgIpc) is 3.05. The molecule has 0 unspecified atom stereocenters. The number of amides is 2. The number of nitrogens with one attached hydrogen (secondary N) is 2. The van der Waals surface area contributed by atoms with Crippen LogP contribution in [0.3, 0.4) is 0 Å². The Morgan fingerprint density at radius 1 is 1.22 bits per heavy atom. The second-order valence-electron chi connectivity index (χ2n) is 7.71. The molecule has 3 rings (SSSR count). The van der Waals surface area contributed by atoms with Crippen LogP contribution in [0.2, 0.25) is 0 Å². The van der Waals surface area contributed by atoms with Crippen molar-refractivity contribution in [2.24, 2.45) is 0 Å². The largest absolute Gasteiger partial charge is 0.444 e. The van der Waals surface area contributed by atoms with Gasteiger partial charge in [-0.15, -0.1) is 0 Å². The Balaban J connectivity index is 1.73. The van der Waals surface area contributed by atoms with Crippen molar-refractivity contribution in [2.75, 3.05) is 17.6 Å². The number of nitrogens with zero attached hydrogens (tertiary/aromatic N) is 4. The fourth-order valence-corrected chi connectivity index (χ4v) is 2.59. The van der Waals surface area contributed by atoms with Crippen molar-refractivity contribution < 1.29 is 27.5 Å². The van der Waals surface area contributed by atoms with Crippen LogP contribution in [0, 0.1) is 0 Å². The first-order valence-corrected chi connectivity index (χ1v) is 9.28. The van der Waals surface area contributed by atoms with Gasteiger partial charge in [0.15, 0.2) is 11.5 Å². The number of pyridine rings is 1. The number of anilines is 2. The highest BCUT2D eigenvalue weighted by atomic mass is 19.4. The summed E-state index contributed by atoms with van der Waals surface area (Å²) in [5, 5.41) is 9.01. The third kappa shape index (κ3) is 5.62. The number of alkyl halides is 3. The topological polar surface area (TPSA) is 137 Å². The molecule has 4 N–H and O–H groups in total. The molecular weight excluding hydrogens is 431 g/mol. The van der Waals surface area contributed by atoms with E-state index in [0.29, 0.717) is 5.65 Å². The Morgan fingerprint density at radius 3 is 2.59 bits per heavy atom. The number of halogens is 3. The fourth-order valence-electron chi connectivity index (χ4n) is 2.59. The van der Waals surface area contributed by atoms with Gasteiger partial charge in [0.1, 0.15) is 18.0 Å². The number of hydrogen-bond donors (Lipinski definition) is 3. The molecule has 0 aromatic carbocycles. The van der Waals surface area contributed by atoms with Crippen molar-refractivity contribution in [1.29, 1.82) is 0 Å². The molecule has 0 bridgehead atoms. The second kappa shape index (κ2) is 8.32. The van der Waals surface area contributed by atoms with E-state index in [9.17, 15) is 22.8 Å². The Labute approximate surface area is 180 Å². The molecule has 0 aliphatic carbocycles. The summed E-state index contributed by atoms with van der Waals surface area (Å²) in [6.07, 6.45) is -2.85. The number of nitrogen functional groups attached to an aromatic ring is 1. The minimum atomic E-state index is -4.66. The molecule has 0 aliphatic rings. The van der Waals surface area contributed by atoms with Gasteiger partial charge in [-0.3, -0.25) is 4.79 Å². The Kier molecular flexibility index (Phi) is 5.92. The van der Waals surface area contributed by atoms with Crippen molar-refractivity contribution in [3.63, 3.8) is 0 Å². The van der Waals surface area contributed by atoms with Gasteiger partial charge < -0.3 is 21.1 Å². The van der Waals surface area contributed by atoms with Crippen LogP contribution in [-0.4, -0.2) is 43.7 Å². The van der Waals surface area contributed by atoms with Crippen LogP contribution in [-0.2, 0) is 15.7 Å². The molecule has 3 heterocycles. The lowest BCUT2D eigenvalue weighted by atomic mass is 10.1. The van der Waals surface area contributed by atoms with Gasteiger partial charge in [0.25, 0.3) is 0 Å². The van der Waals surface area contributed by atoms with E-state index in [1.54, 1.807) is 20.8 Å². The number of carbonyl (C=O) groups is 2. The summed E-state index contributed by atoms with van der Waals surface area (Å²) in [4.78, 5) is 31.4. The Morgan fingerprint density at radius 2 is 1.94 bits per heavy atom. The molecule has 0 spiro atoms. The van der Waals surface area contributed by atoms with E-state index in [1.807, 2.05) is 0 Å². The number of alkyl carbamates (subject to hydrolysis) is 1. The quantitative estimate of drug-likeness (QED) is 0.555. The van der Waals surface area contributed by atoms with Gasteiger partial charge in [0.05, 0.1) is 17.5 Å². The van der Waals surface area contributed by atoms with E-state index in [1.165, 1.54) is 29.0 Å². The third-order valence-corrected chi connectivity index (χ3v) is 3.90. The fraction of sp³-hybridized carbons (Fsp3) is 0.316. The molecule has 13 heteroatoms. The van der Waals surface area contributed by atoms with Gasteiger partial charge in [-0.1, -0.05) is 0 Å². The summed E-state index contributed by atoms with van der Waals surface area (Å²) in [6.45, 7) is 4.72. The SMILES string of the molecule is CC(C)(C)OC(=O)NCC(=O)Nc1cn2nc(-c3cnc(N)c(C(F)(F)F)c3)ccc2n1. The standard InChI is InChI=1S/C19H20F3N7O3/c1-18(2,3)32-17(31)25-8-15(30)27-13-9-29-14(26-13)5-4-12(28-29)10-6-11(19(20,21)22)16(23)24-7-10/h4-7,9H,8H2,1-3H3,(H2,23,24)(H,25,31)(H,27,30). The van der Waals surface area contributed by atoms with E-state index >= 15 is 0 Å². The van der Waals surface area contributed by atoms with Gasteiger partial charge in [-0.2, -0.15) is 18.3 Å². The maximum absolute atomic E-state index is 13.1. The molecular formula is C19H20F3N7O3. The normalized spacial score (nSPS) is 11.9. The van der Waals surface area contributed by atoms with Crippen molar-refractivity contribution in [3.8, 4) is 11.3 Å². The minimum Gasteiger partial charge on any atom is -0.444 e. The molecule has 10 nitrogen and oxygen atoms in total. The number of imidazole rings is 1. The first-order chi connectivity index (χ1) is 14.8.